The maximum Gasteiger partial charge on any atom is 0.409 e. The van der Waals surface area contributed by atoms with E-state index in [9.17, 15) is 4.79 Å². The van der Waals surface area contributed by atoms with Gasteiger partial charge >= 0.3 is 6.09 Å². The largest absolute Gasteiger partial charge is 0.453 e. The topological polar surface area (TPSA) is 61.8 Å². The number of amides is 1. The lowest BCUT2D eigenvalue weighted by molar-refractivity contribution is 0.0838. The molecule has 5 heteroatoms. The number of piperidine rings is 1. The fourth-order valence-electron chi connectivity index (χ4n) is 2.42. The summed E-state index contributed by atoms with van der Waals surface area (Å²) >= 11 is 0. The minimum atomic E-state index is -0.269. The molecule has 2 unspecified atom stereocenters. The summed E-state index contributed by atoms with van der Waals surface area (Å²) in [7, 11) is 1.41. The van der Waals surface area contributed by atoms with Crippen molar-refractivity contribution in [2.45, 2.75) is 32.7 Å². The van der Waals surface area contributed by atoms with E-state index in [4.69, 9.17) is 9.84 Å². The Labute approximate surface area is 109 Å². The lowest BCUT2D eigenvalue weighted by Gasteiger charge is -2.37. The Bertz CT molecular complexity index is 259. The number of aliphatic hydroxyl groups is 1. The summed E-state index contributed by atoms with van der Waals surface area (Å²) in [5.74, 6) is 0.947. The van der Waals surface area contributed by atoms with E-state index in [1.165, 1.54) is 7.11 Å². The van der Waals surface area contributed by atoms with Gasteiger partial charge in [-0.3, -0.25) is 0 Å². The second kappa shape index (κ2) is 7.59. The van der Waals surface area contributed by atoms with Crippen LogP contribution in [0.25, 0.3) is 0 Å². The number of methoxy groups -OCH3 is 1. The number of carbonyl (C=O) groups is 1. The number of aliphatic hydroxyl groups excluding tert-OH is 1. The molecule has 2 atom stereocenters. The molecule has 0 aromatic carbocycles. The Morgan fingerprint density at radius 2 is 2.22 bits per heavy atom. The number of carbonyl (C=O) groups excluding carboxylic acids is 1. The molecule has 1 saturated heterocycles. The van der Waals surface area contributed by atoms with Crippen LogP contribution in [0.15, 0.2) is 0 Å². The molecule has 1 rings (SSSR count). The average molecular weight is 258 g/mol. The molecular formula is C13H26N2O3. The number of hydrogen-bond acceptors (Lipinski definition) is 4. The molecule has 1 fully saturated rings. The second-order valence-corrected chi connectivity index (χ2v) is 5.49. The third-order valence-electron chi connectivity index (χ3n) is 3.32. The van der Waals surface area contributed by atoms with Crippen molar-refractivity contribution in [2.24, 2.45) is 11.8 Å². The summed E-state index contributed by atoms with van der Waals surface area (Å²) in [5.41, 5.74) is 0. The summed E-state index contributed by atoms with van der Waals surface area (Å²) in [5, 5.41) is 12.5. The van der Waals surface area contributed by atoms with Gasteiger partial charge in [-0.15, -0.1) is 0 Å². The van der Waals surface area contributed by atoms with Crippen LogP contribution in [0.2, 0.25) is 0 Å². The van der Waals surface area contributed by atoms with Crippen LogP contribution >= 0.6 is 0 Å². The van der Waals surface area contributed by atoms with Gasteiger partial charge in [0.1, 0.15) is 0 Å². The lowest BCUT2D eigenvalue weighted by atomic mass is 9.91. The number of hydrogen-bond donors (Lipinski definition) is 2. The first-order valence-electron chi connectivity index (χ1n) is 6.74. The van der Waals surface area contributed by atoms with Crippen molar-refractivity contribution in [3.63, 3.8) is 0 Å². The molecule has 1 aliphatic rings. The molecule has 0 aliphatic carbocycles. The van der Waals surface area contributed by atoms with Crippen LogP contribution in [0.5, 0.6) is 0 Å². The number of likely N-dealkylation sites (tertiary alicyclic amines) is 1. The first-order valence-corrected chi connectivity index (χ1v) is 6.74. The van der Waals surface area contributed by atoms with Crippen LogP contribution in [0.4, 0.5) is 4.79 Å². The van der Waals surface area contributed by atoms with Crippen LogP contribution in [0, 0.1) is 11.8 Å². The molecule has 2 N–H and O–H groups in total. The highest BCUT2D eigenvalue weighted by Crippen LogP contribution is 2.20. The van der Waals surface area contributed by atoms with Crippen LogP contribution < -0.4 is 5.32 Å². The number of rotatable bonds is 5. The van der Waals surface area contributed by atoms with Gasteiger partial charge < -0.3 is 20.1 Å². The zero-order valence-electron chi connectivity index (χ0n) is 11.7. The Balaban J connectivity index is 2.53. The van der Waals surface area contributed by atoms with E-state index in [1.54, 1.807) is 4.90 Å². The SMILES string of the molecule is COC(=O)N1CC(CCO)CC(NCC(C)C)C1. The van der Waals surface area contributed by atoms with Gasteiger partial charge in [0.05, 0.1) is 7.11 Å². The maximum atomic E-state index is 11.6. The Morgan fingerprint density at radius 3 is 2.78 bits per heavy atom. The van der Waals surface area contributed by atoms with Gasteiger partial charge in [0.25, 0.3) is 0 Å². The Morgan fingerprint density at radius 1 is 1.50 bits per heavy atom. The number of nitrogens with one attached hydrogen (secondary N) is 1. The van der Waals surface area contributed by atoms with Crippen LogP contribution in [-0.2, 0) is 4.74 Å². The van der Waals surface area contributed by atoms with Crippen LogP contribution in [0.1, 0.15) is 26.7 Å². The quantitative estimate of drug-likeness (QED) is 0.774. The first-order chi connectivity index (χ1) is 8.56. The van der Waals surface area contributed by atoms with E-state index in [2.05, 4.69) is 19.2 Å². The molecule has 106 valence electrons. The summed E-state index contributed by atoms with van der Waals surface area (Å²) in [6, 6.07) is 0.303. The zero-order valence-corrected chi connectivity index (χ0v) is 11.7. The molecule has 1 heterocycles. The van der Waals surface area contributed by atoms with Gasteiger partial charge in [0.2, 0.25) is 0 Å². The van der Waals surface area contributed by atoms with Gasteiger partial charge in [-0.05, 0) is 31.2 Å². The lowest BCUT2D eigenvalue weighted by Crippen LogP contribution is -2.52. The van der Waals surface area contributed by atoms with Crippen molar-refractivity contribution in [3.05, 3.63) is 0 Å². The molecule has 0 aromatic rings. The van der Waals surface area contributed by atoms with Crippen molar-refractivity contribution in [1.82, 2.24) is 10.2 Å². The van der Waals surface area contributed by atoms with E-state index in [0.29, 0.717) is 31.0 Å². The van der Waals surface area contributed by atoms with Crippen LogP contribution in [0.3, 0.4) is 0 Å². The monoisotopic (exact) mass is 258 g/mol. The normalized spacial score (nSPS) is 24.4. The standard InChI is InChI=1S/C13H26N2O3/c1-10(2)7-14-12-6-11(4-5-16)8-15(9-12)13(17)18-3/h10-12,14,16H,4-9H2,1-3H3. The van der Waals surface area contributed by atoms with Crippen molar-refractivity contribution in [2.75, 3.05) is 33.4 Å². The van der Waals surface area contributed by atoms with Crippen molar-refractivity contribution in [3.8, 4) is 0 Å². The minimum absolute atomic E-state index is 0.177. The third-order valence-corrected chi connectivity index (χ3v) is 3.32. The van der Waals surface area contributed by atoms with E-state index < -0.39 is 0 Å². The van der Waals surface area contributed by atoms with Gasteiger partial charge in [-0.25, -0.2) is 4.79 Å². The molecule has 0 radical (unpaired) electrons. The zero-order chi connectivity index (χ0) is 13.5. The summed E-state index contributed by atoms with van der Waals surface area (Å²) < 4.78 is 4.79. The van der Waals surface area contributed by atoms with Gasteiger partial charge in [-0.2, -0.15) is 0 Å². The van der Waals surface area contributed by atoms with E-state index in [0.717, 1.165) is 19.4 Å². The summed E-state index contributed by atoms with van der Waals surface area (Å²) in [6.07, 6.45) is 1.49. The fraction of sp³-hybridized carbons (Fsp3) is 0.923. The van der Waals surface area contributed by atoms with E-state index in [-0.39, 0.29) is 12.7 Å². The second-order valence-electron chi connectivity index (χ2n) is 5.49. The van der Waals surface area contributed by atoms with Gasteiger partial charge in [0.15, 0.2) is 0 Å². The highest BCUT2D eigenvalue weighted by Gasteiger charge is 2.29. The van der Waals surface area contributed by atoms with Crippen LogP contribution in [-0.4, -0.2) is 55.5 Å². The number of nitrogens with zero attached hydrogens (tertiary/aromatic N) is 1. The van der Waals surface area contributed by atoms with Crippen molar-refractivity contribution >= 4 is 6.09 Å². The molecule has 1 aliphatic heterocycles. The van der Waals surface area contributed by atoms with E-state index in [1.807, 2.05) is 0 Å². The average Bonchev–Trinajstić information content (AvgIpc) is 2.35. The maximum absolute atomic E-state index is 11.6. The van der Waals surface area contributed by atoms with Crippen molar-refractivity contribution in [1.29, 1.82) is 0 Å². The summed E-state index contributed by atoms with van der Waals surface area (Å²) in [4.78, 5) is 13.4. The molecule has 18 heavy (non-hydrogen) atoms. The van der Waals surface area contributed by atoms with Crippen molar-refractivity contribution < 1.29 is 14.6 Å². The molecule has 1 amide bonds. The highest BCUT2D eigenvalue weighted by molar-refractivity contribution is 5.67. The number of ether oxygens (including phenoxy) is 1. The molecule has 0 bridgehead atoms. The molecular weight excluding hydrogens is 232 g/mol. The third kappa shape index (κ3) is 4.82. The molecule has 5 nitrogen and oxygen atoms in total. The molecule has 0 aromatic heterocycles. The predicted octanol–water partition coefficient (Wildman–Crippen LogP) is 1.07. The highest BCUT2D eigenvalue weighted by atomic mass is 16.5. The fourth-order valence-corrected chi connectivity index (χ4v) is 2.42. The van der Waals surface area contributed by atoms with E-state index >= 15 is 0 Å². The smallest absolute Gasteiger partial charge is 0.409 e. The Hall–Kier alpha value is -0.810. The predicted molar refractivity (Wildman–Crippen MR) is 70.4 cm³/mol. The molecule has 0 spiro atoms. The Kier molecular flexibility index (Phi) is 6.43. The van der Waals surface area contributed by atoms with Gasteiger partial charge in [-0.1, -0.05) is 13.8 Å². The summed E-state index contributed by atoms with van der Waals surface area (Å²) in [6.45, 7) is 6.84. The molecule has 0 saturated carbocycles. The minimum Gasteiger partial charge on any atom is -0.453 e. The van der Waals surface area contributed by atoms with Gasteiger partial charge in [0, 0.05) is 25.7 Å². The first kappa shape index (κ1) is 15.2.